The van der Waals surface area contributed by atoms with E-state index in [-0.39, 0.29) is 11.4 Å². The lowest BCUT2D eigenvalue weighted by atomic mass is 10.1. The number of halogens is 3. The van der Waals surface area contributed by atoms with Crippen LogP contribution in [0.25, 0.3) is 0 Å². The van der Waals surface area contributed by atoms with E-state index in [0.717, 1.165) is 6.07 Å². The van der Waals surface area contributed by atoms with Crippen molar-refractivity contribution in [2.24, 2.45) is 0 Å². The second-order valence-electron chi connectivity index (χ2n) is 3.99. The third-order valence-electron chi connectivity index (χ3n) is 2.57. The molecule has 0 aliphatic rings. The molecule has 0 radical (unpaired) electrons. The zero-order valence-electron chi connectivity index (χ0n) is 10.3. The molecule has 2 rings (SSSR count). The summed E-state index contributed by atoms with van der Waals surface area (Å²) < 4.78 is 42.5. The fourth-order valence-corrected chi connectivity index (χ4v) is 1.60. The minimum atomic E-state index is -4.67. The van der Waals surface area contributed by atoms with Gasteiger partial charge in [0.05, 0.1) is 23.1 Å². The van der Waals surface area contributed by atoms with Crippen molar-refractivity contribution >= 4 is 17.6 Å². The topological polar surface area (TPSA) is 79.5 Å². The van der Waals surface area contributed by atoms with Gasteiger partial charge in [-0.2, -0.15) is 13.2 Å². The number of hydrogen-bond acceptors (Lipinski definition) is 3. The van der Waals surface area contributed by atoms with E-state index in [1.807, 2.05) is 0 Å². The highest BCUT2D eigenvalue weighted by molar-refractivity contribution is 6.06. The smallest absolute Gasteiger partial charge is 0.416 e. The maximum Gasteiger partial charge on any atom is 0.416 e. The molecule has 1 amide bonds. The molecule has 21 heavy (non-hydrogen) atoms. The van der Waals surface area contributed by atoms with Crippen LogP contribution >= 0.6 is 0 Å². The van der Waals surface area contributed by atoms with Crippen LogP contribution in [0.1, 0.15) is 26.5 Å². The molecular formula is C13H8F3NO4. The molecule has 110 valence electrons. The molecule has 0 aliphatic heterocycles. The van der Waals surface area contributed by atoms with Crippen LogP contribution in [0, 0.1) is 0 Å². The van der Waals surface area contributed by atoms with Crippen LogP contribution in [-0.2, 0) is 6.18 Å². The van der Waals surface area contributed by atoms with Crippen LogP contribution in [0.2, 0.25) is 0 Å². The number of nitrogens with one attached hydrogen (secondary N) is 1. The standard InChI is InChI=1S/C13H8F3NO4/c14-13(15,16)7-3-4-9(8(6-7)12(19)20)17-11(18)10-2-1-5-21-10/h1-6H,(H,17,18)(H,19,20). The number of alkyl halides is 3. The Morgan fingerprint density at radius 2 is 1.90 bits per heavy atom. The average Bonchev–Trinajstić information content (AvgIpc) is 2.91. The van der Waals surface area contributed by atoms with Crippen molar-refractivity contribution in [2.75, 3.05) is 5.32 Å². The van der Waals surface area contributed by atoms with Crippen molar-refractivity contribution in [1.29, 1.82) is 0 Å². The van der Waals surface area contributed by atoms with Gasteiger partial charge in [0.1, 0.15) is 0 Å². The van der Waals surface area contributed by atoms with E-state index in [1.165, 1.54) is 18.4 Å². The largest absolute Gasteiger partial charge is 0.478 e. The molecule has 1 heterocycles. The zero-order valence-corrected chi connectivity index (χ0v) is 10.3. The maximum absolute atomic E-state index is 12.6. The van der Waals surface area contributed by atoms with Gasteiger partial charge >= 0.3 is 12.1 Å². The summed E-state index contributed by atoms with van der Waals surface area (Å²) in [6.07, 6.45) is -3.44. The summed E-state index contributed by atoms with van der Waals surface area (Å²) in [4.78, 5) is 22.7. The number of anilines is 1. The van der Waals surface area contributed by atoms with Crippen LogP contribution in [0.15, 0.2) is 41.0 Å². The van der Waals surface area contributed by atoms with E-state index in [2.05, 4.69) is 5.32 Å². The van der Waals surface area contributed by atoms with Gasteiger partial charge in [0.15, 0.2) is 5.76 Å². The predicted molar refractivity (Wildman–Crippen MR) is 65.1 cm³/mol. The molecule has 0 atom stereocenters. The van der Waals surface area contributed by atoms with Gasteiger partial charge < -0.3 is 14.8 Å². The number of carboxylic acid groups (broad SMARTS) is 1. The first-order valence-electron chi connectivity index (χ1n) is 5.58. The molecule has 8 heteroatoms. The first kappa shape index (κ1) is 14.6. The number of carbonyl (C=O) groups is 2. The summed E-state index contributed by atoms with van der Waals surface area (Å²) in [5, 5.41) is 11.1. The zero-order chi connectivity index (χ0) is 15.6. The molecule has 0 fully saturated rings. The van der Waals surface area contributed by atoms with Crippen LogP contribution < -0.4 is 5.32 Å². The van der Waals surface area contributed by atoms with E-state index >= 15 is 0 Å². The fourth-order valence-electron chi connectivity index (χ4n) is 1.60. The number of carboxylic acids is 1. The summed E-state index contributed by atoms with van der Waals surface area (Å²) in [6, 6.07) is 4.80. The minimum absolute atomic E-state index is 0.0914. The molecule has 1 aromatic carbocycles. The second-order valence-corrected chi connectivity index (χ2v) is 3.99. The van der Waals surface area contributed by atoms with Gasteiger partial charge in [0, 0.05) is 0 Å². The molecule has 2 N–H and O–H groups in total. The highest BCUT2D eigenvalue weighted by Gasteiger charge is 2.32. The molecule has 1 aromatic heterocycles. The number of amides is 1. The number of hydrogen-bond donors (Lipinski definition) is 2. The van der Waals surface area contributed by atoms with Crippen LogP contribution in [0.3, 0.4) is 0 Å². The number of furan rings is 1. The average molecular weight is 299 g/mol. The molecule has 0 unspecified atom stereocenters. The van der Waals surface area contributed by atoms with Gasteiger partial charge in [-0.1, -0.05) is 0 Å². The Bertz CT molecular complexity index is 677. The molecule has 5 nitrogen and oxygen atoms in total. The van der Waals surface area contributed by atoms with Crippen molar-refractivity contribution in [1.82, 2.24) is 0 Å². The van der Waals surface area contributed by atoms with E-state index in [4.69, 9.17) is 9.52 Å². The van der Waals surface area contributed by atoms with Crippen molar-refractivity contribution in [3.05, 3.63) is 53.5 Å². The third kappa shape index (κ3) is 3.22. The molecule has 2 aromatic rings. The summed E-state index contributed by atoms with van der Waals surface area (Å²) in [5.41, 5.74) is -2.03. The van der Waals surface area contributed by atoms with E-state index in [9.17, 15) is 22.8 Å². The van der Waals surface area contributed by atoms with Gasteiger partial charge in [-0.15, -0.1) is 0 Å². The van der Waals surface area contributed by atoms with Gasteiger partial charge in [-0.3, -0.25) is 4.79 Å². The minimum Gasteiger partial charge on any atom is -0.478 e. The van der Waals surface area contributed by atoms with Crippen LogP contribution in [0.5, 0.6) is 0 Å². The normalized spacial score (nSPS) is 11.2. The van der Waals surface area contributed by atoms with Crippen LogP contribution in [-0.4, -0.2) is 17.0 Å². The fraction of sp³-hybridized carbons (Fsp3) is 0.0769. The van der Waals surface area contributed by atoms with Gasteiger partial charge in [0.25, 0.3) is 5.91 Å². The third-order valence-corrected chi connectivity index (χ3v) is 2.57. The Morgan fingerprint density at radius 3 is 2.43 bits per heavy atom. The van der Waals surface area contributed by atoms with E-state index < -0.39 is 29.2 Å². The van der Waals surface area contributed by atoms with Crippen molar-refractivity contribution in [3.63, 3.8) is 0 Å². The molecular weight excluding hydrogens is 291 g/mol. The number of aromatic carboxylic acids is 1. The van der Waals surface area contributed by atoms with E-state index in [1.54, 1.807) is 0 Å². The van der Waals surface area contributed by atoms with Gasteiger partial charge in [0.2, 0.25) is 0 Å². The molecule has 0 saturated carbocycles. The van der Waals surface area contributed by atoms with E-state index in [0.29, 0.717) is 12.1 Å². The lowest BCUT2D eigenvalue weighted by Gasteiger charge is -2.11. The predicted octanol–water partition coefficient (Wildman–Crippen LogP) is 3.25. The molecule has 0 bridgehead atoms. The summed E-state index contributed by atoms with van der Waals surface area (Å²) in [5.74, 6) is -2.44. The van der Waals surface area contributed by atoms with Crippen LogP contribution in [0.4, 0.5) is 18.9 Å². The summed E-state index contributed by atoms with van der Waals surface area (Å²) in [6.45, 7) is 0. The second kappa shape index (κ2) is 5.31. The molecule has 0 saturated heterocycles. The summed E-state index contributed by atoms with van der Waals surface area (Å²) >= 11 is 0. The monoisotopic (exact) mass is 299 g/mol. The van der Waals surface area contributed by atoms with Crippen molar-refractivity contribution < 1.29 is 32.3 Å². The lowest BCUT2D eigenvalue weighted by molar-refractivity contribution is -0.137. The number of benzene rings is 1. The first-order chi connectivity index (χ1) is 9.79. The molecule has 0 aliphatic carbocycles. The Labute approximate surface area is 116 Å². The quantitative estimate of drug-likeness (QED) is 0.911. The van der Waals surface area contributed by atoms with Gasteiger partial charge in [-0.25, -0.2) is 4.79 Å². The Balaban J connectivity index is 2.35. The Kier molecular flexibility index (Phi) is 3.70. The lowest BCUT2D eigenvalue weighted by Crippen LogP contribution is -2.15. The Morgan fingerprint density at radius 1 is 1.19 bits per heavy atom. The maximum atomic E-state index is 12.6. The highest BCUT2D eigenvalue weighted by Crippen LogP contribution is 2.32. The van der Waals surface area contributed by atoms with Crippen molar-refractivity contribution in [3.8, 4) is 0 Å². The molecule has 0 spiro atoms. The highest BCUT2D eigenvalue weighted by atomic mass is 19.4. The Hall–Kier alpha value is -2.77. The van der Waals surface area contributed by atoms with Gasteiger partial charge in [-0.05, 0) is 30.3 Å². The first-order valence-corrected chi connectivity index (χ1v) is 5.58. The van der Waals surface area contributed by atoms with Crippen molar-refractivity contribution in [2.45, 2.75) is 6.18 Å². The summed E-state index contributed by atoms with van der Waals surface area (Å²) in [7, 11) is 0. The SMILES string of the molecule is O=C(Nc1ccc(C(F)(F)F)cc1C(=O)O)c1ccco1. The number of carbonyl (C=O) groups excluding carboxylic acids is 1. The number of rotatable bonds is 3.